The summed E-state index contributed by atoms with van der Waals surface area (Å²) in [5, 5.41) is 10.2. The molecule has 1 aromatic carbocycles. The van der Waals surface area contributed by atoms with Crippen LogP contribution in [0.1, 0.15) is 84.0 Å². The highest BCUT2D eigenvalue weighted by Crippen LogP contribution is 2.43. The van der Waals surface area contributed by atoms with E-state index in [-0.39, 0.29) is 43.5 Å². The molecule has 0 aliphatic carbocycles. The summed E-state index contributed by atoms with van der Waals surface area (Å²) < 4.78 is 15.9. The van der Waals surface area contributed by atoms with E-state index in [9.17, 15) is 24.0 Å². The summed E-state index contributed by atoms with van der Waals surface area (Å²) in [6.07, 6.45) is 4.97. The number of ether oxygens (including phenoxy) is 2. The van der Waals surface area contributed by atoms with Crippen molar-refractivity contribution < 1.29 is 33.4 Å². The second kappa shape index (κ2) is 18.5. The molecule has 4 atom stereocenters. The molecule has 3 fully saturated rings. The first kappa shape index (κ1) is 47.4. The predicted octanol–water partition coefficient (Wildman–Crippen LogP) is 4.42. The first-order valence-electron chi connectivity index (χ1n) is 23.4. The normalized spacial score (nSPS) is 21.3. The van der Waals surface area contributed by atoms with Gasteiger partial charge in [-0.05, 0) is 87.4 Å². The highest BCUT2D eigenvalue weighted by Gasteiger charge is 2.57. The number of aryl methyl sites for hydroxylation is 2. The third kappa shape index (κ3) is 8.81. The van der Waals surface area contributed by atoms with E-state index in [0.717, 1.165) is 45.4 Å². The number of aromatic nitrogens is 5. The quantitative estimate of drug-likeness (QED) is 0.179. The molecule has 1 unspecified atom stereocenters. The molecule has 8 rings (SSSR count). The number of benzene rings is 1. The van der Waals surface area contributed by atoms with E-state index >= 15 is 0 Å². The lowest BCUT2D eigenvalue weighted by atomic mass is 9.77. The lowest BCUT2D eigenvalue weighted by Gasteiger charge is -2.62. The van der Waals surface area contributed by atoms with Crippen LogP contribution in [0.3, 0.4) is 0 Å². The Bertz CT molecular complexity index is 2590. The summed E-state index contributed by atoms with van der Waals surface area (Å²) in [7, 11) is 5.08. The van der Waals surface area contributed by atoms with Crippen LogP contribution in [0.4, 0.5) is 4.79 Å². The molecule has 0 saturated carbocycles. The fourth-order valence-electron chi connectivity index (χ4n) is 10.4. The van der Waals surface area contributed by atoms with E-state index in [2.05, 4.69) is 60.9 Å². The average molecular weight is 920 g/mol. The van der Waals surface area contributed by atoms with Gasteiger partial charge in [0.15, 0.2) is 11.6 Å². The molecule has 0 radical (unpaired) electrons. The summed E-state index contributed by atoms with van der Waals surface area (Å²) in [6, 6.07) is 7.00. The summed E-state index contributed by atoms with van der Waals surface area (Å²) in [5.41, 5.74) is 7.80. The molecule has 3 aromatic heterocycles. The van der Waals surface area contributed by atoms with Crippen LogP contribution < -0.4 is 10.7 Å². The smallest absolute Gasteiger partial charge is 0.324 e. The number of carbonyl (C=O) groups excluding carboxylic acids is 5. The van der Waals surface area contributed by atoms with Gasteiger partial charge >= 0.3 is 12.0 Å². The maximum atomic E-state index is 14.7. The molecule has 18 nitrogen and oxygen atoms in total. The van der Waals surface area contributed by atoms with Gasteiger partial charge in [0.05, 0.1) is 29.6 Å². The molecular formula is C49H65N11O7. The Hall–Kier alpha value is -6.14. The largest absolute Gasteiger partial charge is 0.464 e. The molecule has 18 heteroatoms. The van der Waals surface area contributed by atoms with Gasteiger partial charge in [-0.2, -0.15) is 5.10 Å². The van der Waals surface area contributed by atoms with Crippen molar-refractivity contribution in [1.29, 1.82) is 0 Å². The Kier molecular flexibility index (Phi) is 13.1. The van der Waals surface area contributed by atoms with E-state index in [1.165, 1.54) is 16.0 Å². The number of carbonyl (C=O) groups is 5. The van der Waals surface area contributed by atoms with Crippen LogP contribution in [0, 0.1) is 11.3 Å². The number of rotatable bonds is 9. The van der Waals surface area contributed by atoms with Gasteiger partial charge in [-0.1, -0.05) is 34.3 Å². The summed E-state index contributed by atoms with van der Waals surface area (Å²) in [6.45, 7) is 17.9. The zero-order valence-electron chi connectivity index (χ0n) is 40.3. The molecule has 4 aliphatic heterocycles. The number of nitrogens with one attached hydrogen (secondary N) is 2. The zero-order valence-corrected chi connectivity index (χ0v) is 40.3. The first-order chi connectivity index (χ1) is 31.9. The summed E-state index contributed by atoms with van der Waals surface area (Å²) >= 11 is 0. The number of likely N-dealkylation sites (tertiary alicyclic amines) is 2. The molecule has 358 valence electrons. The van der Waals surface area contributed by atoms with Crippen molar-refractivity contribution in [3.05, 3.63) is 66.3 Å². The van der Waals surface area contributed by atoms with Crippen molar-refractivity contribution in [2.75, 3.05) is 46.9 Å². The molecule has 2 N–H and O–H groups in total. The van der Waals surface area contributed by atoms with Gasteiger partial charge in [-0.3, -0.25) is 29.2 Å². The topological polar surface area (TPSA) is 189 Å². The Morgan fingerprint density at radius 1 is 1.13 bits per heavy atom. The van der Waals surface area contributed by atoms with Gasteiger partial charge in [-0.25, -0.2) is 19.9 Å². The van der Waals surface area contributed by atoms with Gasteiger partial charge in [-0.15, -0.1) is 0 Å². The van der Waals surface area contributed by atoms with Gasteiger partial charge < -0.3 is 34.1 Å². The molecule has 6 bridgehead atoms. The first-order valence-corrected chi connectivity index (χ1v) is 23.4. The molecule has 5 amide bonds. The molecule has 4 aliphatic rings. The molecular weight excluding hydrogens is 855 g/mol. The number of hydrazine groups is 1. The van der Waals surface area contributed by atoms with Crippen molar-refractivity contribution in [3.63, 3.8) is 0 Å². The molecule has 3 saturated heterocycles. The Balaban J connectivity index is 1.16. The number of hydrogen-bond acceptors (Lipinski definition) is 11. The summed E-state index contributed by atoms with van der Waals surface area (Å²) in [5.74, 6) is -1.09. The number of hydrogen-bond donors (Lipinski definition) is 2. The maximum Gasteiger partial charge on any atom is 0.324 e. The van der Waals surface area contributed by atoms with Crippen molar-refractivity contribution in [2.24, 2.45) is 18.4 Å². The van der Waals surface area contributed by atoms with Crippen molar-refractivity contribution in [2.45, 2.75) is 110 Å². The van der Waals surface area contributed by atoms with Gasteiger partial charge in [0.2, 0.25) is 11.8 Å². The van der Waals surface area contributed by atoms with Crippen molar-refractivity contribution in [3.8, 4) is 22.6 Å². The molecule has 7 heterocycles. The van der Waals surface area contributed by atoms with Crippen LogP contribution in [0.25, 0.3) is 33.5 Å². The van der Waals surface area contributed by atoms with Crippen LogP contribution in [0.15, 0.2) is 49.2 Å². The van der Waals surface area contributed by atoms with E-state index in [4.69, 9.17) is 24.5 Å². The molecule has 1 spiro atoms. The number of amides is 5. The third-order valence-corrected chi connectivity index (χ3v) is 14.1. The highest BCUT2D eigenvalue weighted by molar-refractivity contribution is 5.96. The maximum absolute atomic E-state index is 14.7. The Labute approximate surface area is 392 Å². The SMILES string of the molecule is C=CC(=O)N1CC2(CCN2C(=O)N(C)C(C(=O)N[C@H]2Cc3nc(n(C)n3)-c3ccc4c(c3)c(c(-c3cccnc3[C@H](C)OC)n4CC)CC(C)(C)COC(=O)[C@@H]3CCCN(N3)C2=O)C(C)C)C1. The summed E-state index contributed by atoms with van der Waals surface area (Å²) in [4.78, 5) is 84.2. The number of cyclic esters (lactones) is 1. The van der Waals surface area contributed by atoms with E-state index in [1.807, 2.05) is 32.9 Å². The Morgan fingerprint density at radius 2 is 1.90 bits per heavy atom. The highest BCUT2D eigenvalue weighted by atomic mass is 16.5. The number of nitrogens with zero attached hydrogens (tertiary/aromatic N) is 9. The van der Waals surface area contributed by atoms with Crippen LogP contribution in [-0.4, -0.2) is 144 Å². The lowest BCUT2D eigenvalue weighted by Crippen LogP contribution is -2.79. The molecule has 67 heavy (non-hydrogen) atoms. The minimum Gasteiger partial charge on any atom is -0.464 e. The Morgan fingerprint density at radius 3 is 2.57 bits per heavy atom. The van der Waals surface area contributed by atoms with Crippen molar-refractivity contribution >= 4 is 40.6 Å². The fourth-order valence-corrected chi connectivity index (χ4v) is 10.4. The predicted molar refractivity (Wildman–Crippen MR) is 251 cm³/mol. The number of esters is 1. The van der Waals surface area contributed by atoms with E-state index < -0.39 is 46.9 Å². The number of methoxy groups -OCH3 is 1. The minimum absolute atomic E-state index is 0.0733. The minimum atomic E-state index is -1.17. The van der Waals surface area contributed by atoms with Crippen LogP contribution in [-0.2, 0) is 55.1 Å². The van der Waals surface area contributed by atoms with Crippen LogP contribution in [0.5, 0.6) is 0 Å². The van der Waals surface area contributed by atoms with Gasteiger partial charge in [0, 0.05) is 94.0 Å². The van der Waals surface area contributed by atoms with E-state index in [0.29, 0.717) is 57.1 Å². The van der Waals surface area contributed by atoms with Gasteiger partial charge in [0.25, 0.3) is 5.91 Å². The lowest BCUT2D eigenvalue weighted by molar-refractivity contribution is -0.155. The second-order valence-corrected chi connectivity index (χ2v) is 19.7. The van der Waals surface area contributed by atoms with Crippen LogP contribution in [0.2, 0.25) is 0 Å². The number of likely N-dealkylation sites (N-methyl/N-ethyl adjacent to an activating group) is 1. The van der Waals surface area contributed by atoms with Crippen LogP contribution >= 0.6 is 0 Å². The monoisotopic (exact) mass is 920 g/mol. The second-order valence-electron chi connectivity index (χ2n) is 19.7. The molecule has 4 aromatic rings. The number of pyridine rings is 1. The number of urea groups is 1. The average Bonchev–Trinajstić information content (AvgIpc) is 3.80. The third-order valence-electron chi connectivity index (χ3n) is 14.1. The van der Waals surface area contributed by atoms with Crippen molar-refractivity contribution in [1.82, 2.24) is 54.8 Å². The zero-order chi connectivity index (χ0) is 48.1. The fraction of sp³-hybridized carbons (Fsp3) is 0.551. The standard InChI is InChI=1S/C49H65N11O7/c1-11-39(61)57-26-49(27-57)19-22-59(49)47(65)55(8)41(29(3)4)44(62)51-36-24-38-52-43(56(9)54-38)31-17-18-37-33(23-31)34(42(58(37)12-2)32-15-13-20-50-40(32)30(5)66-10)25-48(6,7)28-67-46(64)35-16-14-21-60(53-35)45(36)63/h11,13,15,17-18,20,23,29-30,35-36,41,53H,1,12,14,16,19,21-22,24-28H2,2-10H3,(H,51,62)/t30-,35-,36-,41?/m0/s1. The van der Waals surface area contributed by atoms with Gasteiger partial charge in [0.1, 0.15) is 18.1 Å². The van der Waals surface area contributed by atoms with E-state index in [1.54, 1.807) is 41.9 Å². The number of fused-ring (bicyclic) bond motifs is 6.